The highest BCUT2D eigenvalue weighted by molar-refractivity contribution is 5.96. The van der Waals surface area contributed by atoms with Gasteiger partial charge in [0, 0.05) is 18.0 Å². The van der Waals surface area contributed by atoms with Crippen molar-refractivity contribution in [3.8, 4) is 5.75 Å². The zero-order chi connectivity index (χ0) is 20.1. The van der Waals surface area contributed by atoms with Gasteiger partial charge < -0.3 is 20.5 Å². The van der Waals surface area contributed by atoms with E-state index < -0.39 is 17.9 Å². The molecule has 0 aromatic heterocycles. The van der Waals surface area contributed by atoms with Gasteiger partial charge in [0.15, 0.2) is 6.04 Å². The van der Waals surface area contributed by atoms with E-state index in [1.165, 1.54) is 7.11 Å². The summed E-state index contributed by atoms with van der Waals surface area (Å²) in [5.74, 6) is -1.39. The fraction of sp³-hybridized carbons (Fsp3) is 0.286. The third-order valence-corrected chi connectivity index (χ3v) is 4.83. The van der Waals surface area contributed by atoms with Crippen LogP contribution in [0.3, 0.4) is 0 Å². The Hall–Kier alpha value is -3.35. The van der Waals surface area contributed by atoms with E-state index in [-0.39, 0.29) is 18.2 Å². The van der Waals surface area contributed by atoms with Crippen LogP contribution in [0.4, 0.5) is 5.69 Å². The molecule has 0 aliphatic carbocycles. The second-order valence-electron chi connectivity index (χ2n) is 6.70. The Bertz CT molecular complexity index is 879. The Morgan fingerprint density at radius 1 is 1.21 bits per heavy atom. The number of para-hydroxylation sites is 1. The molecule has 2 unspecified atom stereocenters. The Morgan fingerprint density at radius 3 is 2.61 bits per heavy atom. The molecule has 1 aliphatic rings. The summed E-state index contributed by atoms with van der Waals surface area (Å²) < 4.78 is 5.06. The Labute approximate surface area is 162 Å². The standard InChI is InChI=1S/C21H22N2O5/c1-28-16-9-6-13(7-10-16)19(21(26)27)23-18(24)11-8-15-12-14-4-2-3-5-17(14)22-20(15)25/h2-7,9-10,15,19H,8,11-12H2,1H3,(H,22,25)(H,23,24)(H,26,27). The predicted octanol–water partition coefficient (Wildman–Crippen LogP) is 2.53. The molecule has 2 aromatic rings. The first-order valence-corrected chi connectivity index (χ1v) is 9.03. The minimum Gasteiger partial charge on any atom is -0.497 e. The maximum Gasteiger partial charge on any atom is 0.330 e. The number of rotatable bonds is 7. The molecule has 0 fully saturated rings. The lowest BCUT2D eigenvalue weighted by atomic mass is 9.89. The van der Waals surface area contributed by atoms with E-state index in [9.17, 15) is 19.5 Å². The van der Waals surface area contributed by atoms with E-state index in [4.69, 9.17) is 4.74 Å². The fourth-order valence-corrected chi connectivity index (χ4v) is 3.27. The van der Waals surface area contributed by atoms with Crippen LogP contribution in [-0.4, -0.2) is 30.0 Å². The fourth-order valence-electron chi connectivity index (χ4n) is 3.27. The van der Waals surface area contributed by atoms with E-state index in [1.807, 2.05) is 24.3 Å². The minimum absolute atomic E-state index is 0.0696. The van der Waals surface area contributed by atoms with Gasteiger partial charge in [-0.2, -0.15) is 0 Å². The van der Waals surface area contributed by atoms with Crippen LogP contribution in [0.1, 0.15) is 30.0 Å². The van der Waals surface area contributed by atoms with Crippen LogP contribution < -0.4 is 15.4 Å². The molecule has 0 radical (unpaired) electrons. The van der Waals surface area contributed by atoms with E-state index in [0.29, 0.717) is 24.2 Å². The molecule has 0 spiro atoms. The molecule has 3 rings (SSSR count). The highest BCUT2D eigenvalue weighted by atomic mass is 16.5. The van der Waals surface area contributed by atoms with Crippen molar-refractivity contribution in [1.29, 1.82) is 0 Å². The number of aliphatic carboxylic acids is 1. The first kappa shape index (κ1) is 19.4. The van der Waals surface area contributed by atoms with Crippen LogP contribution >= 0.6 is 0 Å². The van der Waals surface area contributed by atoms with Gasteiger partial charge in [-0.05, 0) is 42.2 Å². The van der Waals surface area contributed by atoms with E-state index in [1.54, 1.807) is 24.3 Å². The number of nitrogens with one attached hydrogen (secondary N) is 2. The summed E-state index contributed by atoms with van der Waals surface area (Å²) in [5, 5.41) is 14.8. The number of amides is 2. The van der Waals surface area contributed by atoms with Gasteiger partial charge in [0.2, 0.25) is 11.8 Å². The zero-order valence-corrected chi connectivity index (χ0v) is 15.5. The number of ether oxygens (including phenoxy) is 1. The molecule has 7 heteroatoms. The molecular weight excluding hydrogens is 360 g/mol. The number of benzene rings is 2. The van der Waals surface area contributed by atoms with Crippen molar-refractivity contribution >= 4 is 23.5 Å². The summed E-state index contributed by atoms with van der Waals surface area (Å²) in [6, 6.07) is 12.9. The summed E-state index contributed by atoms with van der Waals surface area (Å²) in [6.07, 6.45) is 0.983. The normalized spacial score (nSPS) is 16.5. The van der Waals surface area contributed by atoms with Crippen molar-refractivity contribution in [3.63, 3.8) is 0 Å². The number of hydrogen-bond donors (Lipinski definition) is 3. The lowest BCUT2D eigenvalue weighted by Gasteiger charge is -2.24. The highest BCUT2D eigenvalue weighted by Gasteiger charge is 2.27. The molecule has 2 aromatic carbocycles. The number of methoxy groups -OCH3 is 1. The molecule has 0 saturated carbocycles. The molecule has 2 atom stereocenters. The quantitative estimate of drug-likeness (QED) is 0.683. The van der Waals surface area contributed by atoms with E-state index in [0.717, 1.165) is 11.3 Å². The average Bonchev–Trinajstić information content (AvgIpc) is 2.70. The van der Waals surface area contributed by atoms with Gasteiger partial charge in [-0.25, -0.2) is 4.79 Å². The second-order valence-corrected chi connectivity index (χ2v) is 6.70. The summed E-state index contributed by atoms with van der Waals surface area (Å²) in [7, 11) is 1.52. The van der Waals surface area contributed by atoms with Gasteiger partial charge in [-0.15, -0.1) is 0 Å². The first-order chi connectivity index (χ1) is 13.5. The van der Waals surface area contributed by atoms with Crippen molar-refractivity contribution in [1.82, 2.24) is 5.32 Å². The second kappa shape index (κ2) is 8.56. The molecule has 146 valence electrons. The maximum atomic E-state index is 12.3. The monoisotopic (exact) mass is 382 g/mol. The summed E-state index contributed by atoms with van der Waals surface area (Å²) in [6.45, 7) is 0. The molecule has 7 nitrogen and oxygen atoms in total. The van der Waals surface area contributed by atoms with Crippen molar-refractivity contribution in [2.24, 2.45) is 5.92 Å². The number of carboxylic acids is 1. The number of carbonyl (C=O) groups is 3. The molecule has 1 aliphatic heterocycles. The summed E-state index contributed by atoms with van der Waals surface area (Å²) in [5.41, 5.74) is 2.29. The van der Waals surface area contributed by atoms with Gasteiger partial charge >= 0.3 is 5.97 Å². The SMILES string of the molecule is COc1ccc(C(NC(=O)CCC2Cc3ccccc3NC2=O)C(=O)O)cc1. The molecular formula is C21H22N2O5. The Balaban J connectivity index is 1.59. The van der Waals surface area contributed by atoms with Crippen LogP contribution in [-0.2, 0) is 20.8 Å². The van der Waals surface area contributed by atoms with E-state index >= 15 is 0 Å². The van der Waals surface area contributed by atoms with Crippen LogP contribution in [0.15, 0.2) is 48.5 Å². The van der Waals surface area contributed by atoms with Gasteiger partial charge in [-0.3, -0.25) is 9.59 Å². The third-order valence-electron chi connectivity index (χ3n) is 4.83. The smallest absolute Gasteiger partial charge is 0.330 e. The molecule has 28 heavy (non-hydrogen) atoms. The Kier molecular flexibility index (Phi) is 5.93. The lowest BCUT2D eigenvalue weighted by molar-refractivity contribution is -0.142. The summed E-state index contributed by atoms with van der Waals surface area (Å²) >= 11 is 0. The minimum atomic E-state index is -1.15. The molecule has 1 heterocycles. The number of carbonyl (C=O) groups excluding carboxylic acids is 2. The number of hydrogen-bond acceptors (Lipinski definition) is 4. The molecule has 0 saturated heterocycles. The third kappa shape index (κ3) is 4.49. The van der Waals surface area contributed by atoms with Gasteiger partial charge in [0.05, 0.1) is 7.11 Å². The number of anilines is 1. The largest absolute Gasteiger partial charge is 0.497 e. The van der Waals surface area contributed by atoms with Gasteiger partial charge in [0.1, 0.15) is 5.75 Å². The van der Waals surface area contributed by atoms with Crippen molar-refractivity contribution in [2.45, 2.75) is 25.3 Å². The molecule has 0 bridgehead atoms. The van der Waals surface area contributed by atoms with Crippen LogP contribution in [0.5, 0.6) is 5.75 Å². The topological polar surface area (TPSA) is 105 Å². The van der Waals surface area contributed by atoms with E-state index in [2.05, 4.69) is 10.6 Å². The zero-order valence-electron chi connectivity index (χ0n) is 15.5. The average molecular weight is 382 g/mol. The lowest BCUT2D eigenvalue weighted by Crippen LogP contribution is -2.35. The van der Waals surface area contributed by atoms with Crippen molar-refractivity contribution < 1.29 is 24.2 Å². The van der Waals surface area contributed by atoms with Crippen LogP contribution in [0, 0.1) is 5.92 Å². The van der Waals surface area contributed by atoms with Crippen molar-refractivity contribution in [3.05, 3.63) is 59.7 Å². The van der Waals surface area contributed by atoms with Crippen LogP contribution in [0.2, 0.25) is 0 Å². The highest BCUT2D eigenvalue weighted by Crippen LogP contribution is 2.27. The molecule has 3 N–H and O–H groups in total. The van der Waals surface area contributed by atoms with Crippen LogP contribution in [0.25, 0.3) is 0 Å². The predicted molar refractivity (Wildman–Crippen MR) is 103 cm³/mol. The number of fused-ring (bicyclic) bond motifs is 1. The number of carboxylic acid groups (broad SMARTS) is 1. The van der Waals surface area contributed by atoms with Gasteiger partial charge in [-0.1, -0.05) is 30.3 Å². The first-order valence-electron chi connectivity index (χ1n) is 9.03. The maximum absolute atomic E-state index is 12.3. The van der Waals surface area contributed by atoms with Crippen molar-refractivity contribution in [2.75, 3.05) is 12.4 Å². The molecule has 2 amide bonds. The summed E-state index contributed by atoms with van der Waals surface area (Å²) in [4.78, 5) is 36.1. The Morgan fingerprint density at radius 2 is 1.93 bits per heavy atom. The van der Waals surface area contributed by atoms with Gasteiger partial charge in [0.25, 0.3) is 0 Å².